The molecule has 0 bridgehead atoms. The smallest absolute Gasteiger partial charge is 0.318 e. The summed E-state index contributed by atoms with van der Waals surface area (Å²) in [6.07, 6.45) is -0.0389. The third-order valence-corrected chi connectivity index (χ3v) is 2.02. The fraction of sp³-hybridized carbons (Fsp3) is 0.818. The van der Waals surface area contributed by atoms with Crippen molar-refractivity contribution in [1.82, 2.24) is 10.2 Å². The van der Waals surface area contributed by atoms with Crippen molar-refractivity contribution in [3.63, 3.8) is 0 Å². The van der Waals surface area contributed by atoms with Crippen LogP contribution in [0.1, 0.15) is 41.0 Å². The molecular weight excluding hydrogens is 208 g/mol. The van der Waals surface area contributed by atoms with Crippen molar-refractivity contribution in [2.45, 2.75) is 52.6 Å². The lowest BCUT2D eigenvalue weighted by Gasteiger charge is -2.35. The molecule has 0 aliphatic rings. The minimum absolute atomic E-state index is 0.0389. The lowest BCUT2D eigenvalue weighted by molar-refractivity contribution is -0.137. The fourth-order valence-corrected chi connectivity index (χ4v) is 1.27. The van der Waals surface area contributed by atoms with E-state index in [2.05, 4.69) is 5.32 Å². The van der Waals surface area contributed by atoms with Crippen LogP contribution >= 0.6 is 0 Å². The summed E-state index contributed by atoms with van der Waals surface area (Å²) >= 11 is 0. The van der Waals surface area contributed by atoms with Crippen molar-refractivity contribution in [2.24, 2.45) is 0 Å². The number of nitrogens with zero attached hydrogens (tertiary/aromatic N) is 1. The van der Waals surface area contributed by atoms with E-state index >= 15 is 0 Å². The van der Waals surface area contributed by atoms with Crippen molar-refractivity contribution in [3.05, 3.63) is 0 Å². The molecule has 0 saturated heterocycles. The second kappa shape index (κ2) is 5.72. The fourth-order valence-electron chi connectivity index (χ4n) is 1.27. The van der Waals surface area contributed by atoms with Crippen LogP contribution in [0.3, 0.4) is 0 Å². The maximum Gasteiger partial charge on any atom is 0.318 e. The first kappa shape index (κ1) is 14.7. The normalized spacial score (nSPS) is 11.4. The highest BCUT2D eigenvalue weighted by molar-refractivity contribution is 5.76. The van der Waals surface area contributed by atoms with Gasteiger partial charge in [0.2, 0.25) is 0 Å². The van der Waals surface area contributed by atoms with Crippen LogP contribution in [0.5, 0.6) is 0 Å². The second-order valence-electron chi connectivity index (χ2n) is 5.07. The topological polar surface area (TPSA) is 69.6 Å². The van der Waals surface area contributed by atoms with E-state index in [9.17, 15) is 9.59 Å². The maximum absolute atomic E-state index is 11.8. The lowest BCUT2D eigenvalue weighted by atomic mass is 10.1. The van der Waals surface area contributed by atoms with Crippen LogP contribution in [0.15, 0.2) is 0 Å². The Hall–Kier alpha value is -1.26. The Labute approximate surface area is 96.8 Å². The molecule has 0 fully saturated rings. The van der Waals surface area contributed by atoms with Crippen molar-refractivity contribution in [1.29, 1.82) is 0 Å². The van der Waals surface area contributed by atoms with Crippen LogP contribution in [0.2, 0.25) is 0 Å². The summed E-state index contributed by atoms with van der Waals surface area (Å²) < 4.78 is 0. The molecule has 2 N–H and O–H groups in total. The molecule has 0 aliphatic heterocycles. The van der Waals surface area contributed by atoms with Crippen LogP contribution in [0.25, 0.3) is 0 Å². The first-order chi connectivity index (χ1) is 7.14. The number of amides is 2. The molecule has 2 amide bonds. The number of carbonyl (C=O) groups excluding carboxylic acids is 1. The molecule has 0 atom stereocenters. The predicted molar refractivity (Wildman–Crippen MR) is 62.4 cm³/mol. The number of nitrogens with one attached hydrogen (secondary N) is 1. The zero-order valence-corrected chi connectivity index (χ0v) is 10.7. The highest BCUT2D eigenvalue weighted by Gasteiger charge is 2.26. The van der Waals surface area contributed by atoms with Crippen molar-refractivity contribution >= 4 is 12.0 Å². The zero-order chi connectivity index (χ0) is 12.9. The van der Waals surface area contributed by atoms with Crippen LogP contribution in [-0.4, -0.2) is 40.1 Å². The van der Waals surface area contributed by atoms with Gasteiger partial charge in [-0.1, -0.05) is 0 Å². The molecule has 0 rings (SSSR count). The molecule has 94 valence electrons. The molecule has 0 spiro atoms. The van der Waals surface area contributed by atoms with Gasteiger partial charge in [0, 0.05) is 18.1 Å². The van der Waals surface area contributed by atoms with Crippen LogP contribution in [0, 0.1) is 0 Å². The van der Waals surface area contributed by atoms with Gasteiger partial charge in [0.1, 0.15) is 0 Å². The monoisotopic (exact) mass is 230 g/mol. The van der Waals surface area contributed by atoms with Gasteiger partial charge in [-0.3, -0.25) is 4.79 Å². The van der Waals surface area contributed by atoms with E-state index in [1.54, 1.807) is 4.90 Å². The average molecular weight is 230 g/mol. The number of hydrogen-bond donors (Lipinski definition) is 2. The van der Waals surface area contributed by atoms with E-state index in [1.165, 1.54) is 0 Å². The summed E-state index contributed by atoms with van der Waals surface area (Å²) in [5, 5.41) is 11.4. The molecule has 0 aromatic rings. The Morgan fingerprint density at radius 1 is 1.31 bits per heavy atom. The molecule has 16 heavy (non-hydrogen) atoms. The first-order valence-electron chi connectivity index (χ1n) is 5.44. The minimum Gasteiger partial charge on any atom is -0.481 e. The Morgan fingerprint density at radius 3 is 2.12 bits per heavy atom. The van der Waals surface area contributed by atoms with Crippen molar-refractivity contribution < 1.29 is 14.7 Å². The van der Waals surface area contributed by atoms with Gasteiger partial charge in [-0.25, -0.2) is 4.79 Å². The molecule has 5 heteroatoms. The van der Waals surface area contributed by atoms with E-state index in [0.717, 1.165) is 0 Å². The van der Waals surface area contributed by atoms with Crippen LogP contribution < -0.4 is 5.32 Å². The number of urea groups is 1. The summed E-state index contributed by atoms with van der Waals surface area (Å²) in [7, 11) is 0. The highest BCUT2D eigenvalue weighted by atomic mass is 16.4. The van der Waals surface area contributed by atoms with Crippen LogP contribution in [-0.2, 0) is 4.79 Å². The summed E-state index contributed by atoms with van der Waals surface area (Å²) in [6.45, 7) is 9.61. The van der Waals surface area contributed by atoms with Crippen molar-refractivity contribution in [3.8, 4) is 0 Å². The largest absolute Gasteiger partial charge is 0.481 e. The Balaban J connectivity index is 4.55. The number of hydrogen-bond acceptors (Lipinski definition) is 2. The third kappa shape index (κ3) is 5.58. The molecule has 0 heterocycles. The van der Waals surface area contributed by atoms with Gasteiger partial charge in [0.05, 0.1) is 6.42 Å². The second-order valence-corrected chi connectivity index (χ2v) is 5.07. The molecule has 0 unspecified atom stereocenters. The van der Waals surface area contributed by atoms with E-state index in [4.69, 9.17) is 5.11 Å². The molecular formula is C11H22N2O3. The summed E-state index contributed by atoms with van der Waals surface area (Å²) in [6, 6.07) is -0.175. The number of aliphatic carboxylic acids is 1. The van der Waals surface area contributed by atoms with Crippen molar-refractivity contribution in [2.75, 3.05) is 6.54 Å². The Kier molecular flexibility index (Phi) is 5.27. The average Bonchev–Trinajstić information content (AvgIpc) is 1.98. The van der Waals surface area contributed by atoms with E-state index in [0.29, 0.717) is 0 Å². The van der Waals surface area contributed by atoms with E-state index in [-0.39, 0.29) is 30.6 Å². The van der Waals surface area contributed by atoms with Gasteiger partial charge >= 0.3 is 12.0 Å². The predicted octanol–water partition coefficient (Wildman–Crippen LogP) is 1.68. The lowest BCUT2D eigenvalue weighted by Crippen LogP contribution is -2.52. The summed E-state index contributed by atoms with van der Waals surface area (Å²) in [5.41, 5.74) is -0.381. The third-order valence-electron chi connectivity index (χ3n) is 2.02. The Bertz CT molecular complexity index is 256. The van der Waals surface area contributed by atoms with E-state index < -0.39 is 5.97 Å². The summed E-state index contributed by atoms with van der Waals surface area (Å²) in [4.78, 5) is 23.9. The molecule has 0 aliphatic carbocycles. The minimum atomic E-state index is -0.897. The number of rotatable bonds is 4. The molecule has 0 saturated carbocycles. The first-order valence-corrected chi connectivity index (χ1v) is 5.44. The highest BCUT2D eigenvalue weighted by Crippen LogP contribution is 2.14. The van der Waals surface area contributed by atoms with E-state index in [1.807, 2.05) is 34.6 Å². The SMILES string of the molecule is CC(C)NC(=O)N(CCC(=O)O)C(C)(C)C. The quantitative estimate of drug-likeness (QED) is 0.772. The van der Waals surface area contributed by atoms with Gasteiger partial charge < -0.3 is 15.3 Å². The van der Waals surface area contributed by atoms with Gasteiger partial charge in [-0.15, -0.1) is 0 Å². The number of carbonyl (C=O) groups is 2. The molecule has 5 nitrogen and oxygen atoms in total. The summed E-state index contributed by atoms with van der Waals surface area (Å²) in [5.74, 6) is -0.897. The van der Waals surface area contributed by atoms with Gasteiger partial charge in [0.15, 0.2) is 0 Å². The zero-order valence-electron chi connectivity index (χ0n) is 10.7. The van der Waals surface area contributed by atoms with Gasteiger partial charge in [-0.2, -0.15) is 0 Å². The number of carboxylic acids is 1. The molecule has 0 aromatic carbocycles. The molecule has 0 radical (unpaired) electrons. The Morgan fingerprint density at radius 2 is 1.81 bits per heavy atom. The van der Waals surface area contributed by atoms with Gasteiger partial charge in [0.25, 0.3) is 0 Å². The maximum atomic E-state index is 11.8. The van der Waals surface area contributed by atoms with Crippen LogP contribution in [0.4, 0.5) is 4.79 Å². The standard InChI is InChI=1S/C11H22N2O3/c1-8(2)12-10(16)13(11(3,4)5)7-6-9(14)15/h8H,6-7H2,1-5H3,(H,12,16)(H,14,15). The molecule has 0 aromatic heterocycles. The number of carboxylic acid groups (broad SMARTS) is 1. The van der Waals surface area contributed by atoms with Gasteiger partial charge in [-0.05, 0) is 34.6 Å².